The number of benzene rings is 1. The van der Waals surface area contributed by atoms with Gasteiger partial charge >= 0.3 is 0 Å². The number of piperidine rings is 1. The summed E-state index contributed by atoms with van der Waals surface area (Å²) in [6.45, 7) is 2.15. The highest BCUT2D eigenvalue weighted by atomic mass is 16.3. The maximum absolute atomic E-state index is 12.9. The molecule has 2 amide bonds. The molecule has 3 aliphatic rings. The average Bonchev–Trinajstić information content (AvgIpc) is 3.31. The summed E-state index contributed by atoms with van der Waals surface area (Å²) in [7, 11) is 0. The SMILES string of the molecule is O=C(C1CC(=O)N(C2CCCC2)C1)N1CCC(c2ccc(O)cc2)CC1. The summed E-state index contributed by atoms with van der Waals surface area (Å²) in [6, 6.07) is 7.79. The number of carbonyl (C=O) groups is 2. The van der Waals surface area contributed by atoms with E-state index in [1.54, 1.807) is 12.1 Å². The number of phenols is 1. The van der Waals surface area contributed by atoms with Gasteiger partial charge in [-0.15, -0.1) is 0 Å². The molecule has 2 aliphatic heterocycles. The van der Waals surface area contributed by atoms with Crippen molar-refractivity contribution in [1.29, 1.82) is 0 Å². The fourth-order valence-electron chi connectivity index (χ4n) is 4.90. The zero-order chi connectivity index (χ0) is 18.1. The molecule has 1 aliphatic carbocycles. The summed E-state index contributed by atoms with van der Waals surface area (Å²) in [5, 5.41) is 9.43. The van der Waals surface area contributed by atoms with Gasteiger partial charge in [0, 0.05) is 32.1 Å². The first-order chi connectivity index (χ1) is 12.6. The third kappa shape index (κ3) is 3.44. The lowest BCUT2D eigenvalue weighted by Gasteiger charge is -2.34. The number of nitrogens with zero attached hydrogens (tertiary/aromatic N) is 2. The zero-order valence-electron chi connectivity index (χ0n) is 15.3. The normalized spacial score (nSPS) is 25.2. The Hall–Kier alpha value is -2.04. The van der Waals surface area contributed by atoms with Crippen molar-refractivity contribution in [2.75, 3.05) is 19.6 Å². The number of rotatable bonds is 3. The van der Waals surface area contributed by atoms with Gasteiger partial charge in [0.1, 0.15) is 5.75 Å². The minimum absolute atomic E-state index is 0.145. The summed E-state index contributed by atoms with van der Waals surface area (Å²) in [6.07, 6.45) is 6.91. The monoisotopic (exact) mass is 356 g/mol. The molecule has 2 saturated heterocycles. The van der Waals surface area contributed by atoms with E-state index in [1.807, 2.05) is 21.9 Å². The van der Waals surface area contributed by atoms with Crippen LogP contribution in [0.15, 0.2) is 24.3 Å². The Morgan fingerprint density at radius 2 is 1.65 bits per heavy atom. The Morgan fingerprint density at radius 1 is 1.00 bits per heavy atom. The predicted molar refractivity (Wildman–Crippen MR) is 98.7 cm³/mol. The summed E-state index contributed by atoms with van der Waals surface area (Å²) in [5.74, 6) is 0.935. The Balaban J connectivity index is 1.32. The number of carbonyl (C=O) groups excluding carboxylic acids is 2. The third-order valence-corrected chi connectivity index (χ3v) is 6.44. The zero-order valence-corrected chi connectivity index (χ0v) is 15.3. The first-order valence-electron chi connectivity index (χ1n) is 9.99. The number of phenolic OH excluding ortho intramolecular Hbond substituents is 1. The molecule has 1 unspecified atom stereocenters. The second-order valence-corrected chi connectivity index (χ2v) is 8.08. The Labute approximate surface area is 155 Å². The number of amides is 2. The molecule has 1 aromatic carbocycles. The van der Waals surface area contributed by atoms with Gasteiger partial charge in [-0.3, -0.25) is 9.59 Å². The standard InChI is InChI=1S/C21H28N2O3/c24-19-7-5-15(6-8-19)16-9-11-22(12-10-16)21(26)17-13-20(25)23(14-17)18-3-1-2-4-18/h5-8,16-18,24H,1-4,9-14H2. The highest BCUT2D eigenvalue weighted by Crippen LogP contribution is 2.33. The van der Waals surface area contributed by atoms with Gasteiger partial charge in [-0.25, -0.2) is 0 Å². The predicted octanol–water partition coefficient (Wildman–Crippen LogP) is 2.89. The lowest BCUT2D eigenvalue weighted by atomic mass is 9.89. The molecule has 140 valence electrons. The molecule has 1 atom stereocenters. The third-order valence-electron chi connectivity index (χ3n) is 6.44. The highest BCUT2D eigenvalue weighted by Gasteiger charge is 2.40. The van der Waals surface area contributed by atoms with Crippen LogP contribution in [0.4, 0.5) is 0 Å². The van der Waals surface area contributed by atoms with E-state index in [9.17, 15) is 14.7 Å². The Bertz CT molecular complexity index is 658. The average molecular weight is 356 g/mol. The summed E-state index contributed by atoms with van der Waals surface area (Å²) < 4.78 is 0. The van der Waals surface area contributed by atoms with Crippen LogP contribution in [0.5, 0.6) is 5.75 Å². The van der Waals surface area contributed by atoms with Crippen molar-refractivity contribution in [2.45, 2.75) is 56.9 Å². The van der Waals surface area contributed by atoms with Crippen LogP contribution in [0.1, 0.15) is 56.4 Å². The van der Waals surface area contributed by atoms with Crippen molar-refractivity contribution in [2.24, 2.45) is 5.92 Å². The van der Waals surface area contributed by atoms with Gasteiger partial charge < -0.3 is 14.9 Å². The molecular weight excluding hydrogens is 328 g/mol. The topological polar surface area (TPSA) is 60.9 Å². The molecule has 2 heterocycles. The molecule has 5 heteroatoms. The van der Waals surface area contributed by atoms with E-state index in [1.165, 1.54) is 18.4 Å². The minimum Gasteiger partial charge on any atom is -0.508 e. The minimum atomic E-state index is -0.145. The smallest absolute Gasteiger partial charge is 0.227 e. The summed E-state index contributed by atoms with van der Waals surface area (Å²) in [5.41, 5.74) is 1.23. The van der Waals surface area contributed by atoms with Crippen molar-refractivity contribution < 1.29 is 14.7 Å². The first-order valence-corrected chi connectivity index (χ1v) is 9.99. The van der Waals surface area contributed by atoms with Crippen molar-refractivity contribution in [1.82, 2.24) is 9.80 Å². The van der Waals surface area contributed by atoms with Crippen molar-refractivity contribution in [3.05, 3.63) is 29.8 Å². The van der Waals surface area contributed by atoms with Crippen LogP contribution >= 0.6 is 0 Å². The van der Waals surface area contributed by atoms with Gasteiger partial charge in [0.25, 0.3) is 0 Å². The molecule has 1 aromatic rings. The lowest BCUT2D eigenvalue weighted by molar-refractivity contribution is -0.136. The van der Waals surface area contributed by atoms with Crippen LogP contribution in [0.25, 0.3) is 0 Å². The summed E-state index contributed by atoms with van der Waals surface area (Å²) >= 11 is 0. The molecule has 3 fully saturated rings. The molecule has 26 heavy (non-hydrogen) atoms. The van der Waals surface area contributed by atoms with Gasteiger partial charge in [-0.2, -0.15) is 0 Å². The van der Waals surface area contributed by atoms with Crippen LogP contribution in [0, 0.1) is 5.92 Å². The quantitative estimate of drug-likeness (QED) is 0.906. The lowest BCUT2D eigenvalue weighted by Crippen LogP contribution is -2.42. The van der Waals surface area contributed by atoms with E-state index in [4.69, 9.17) is 0 Å². The van der Waals surface area contributed by atoms with Crippen molar-refractivity contribution >= 4 is 11.8 Å². The molecule has 1 saturated carbocycles. The van der Waals surface area contributed by atoms with E-state index in [0.29, 0.717) is 30.7 Å². The fourth-order valence-corrected chi connectivity index (χ4v) is 4.90. The molecule has 4 rings (SSSR count). The van der Waals surface area contributed by atoms with Gasteiger partial charge in [-0.05, 0) is 49.3 Å². The second kappa shape index (κ2) is 7.29. The van der Waals surface area contributed by atoms with Gasteiger partial charge in [0.2, 0.25) is 11.8 Å². The van der Waals surface area contributed by atoms with Gasteiger partial charge in [0.15, 0.2) is 0 Å². The van der Waals surface area contributed by atoms with Crippen LogP contribution in [0.3, 0.4) is 0 Å². The second-order valence-electron chi connectivity index (χ2n) is 8.08. The van der Waals surface area contributed by atoms with Crippen LogP contribution < -0.4 is 0 Å². The van der Waals surface area contributed by atoms with Crippen LogP contribution in [-0.4, -0.2) is 52.4 Å². The first kappa shape index (κ1) is 17.4. The van der Waals surface area contributed by atoms with E-state index in [0.717, 1.165) is 38.8 Å². The van der Waals surface area contributed by atoms with Crippen LogP contribution in [0.2, 0.25) is 0 Å². The molecule has 1 N–H and O–H groups in total. The summed E-state index contributed by atoms with van der Waals surface area (Å²) in [4.78, 5) is 29.2. The van der Waals surface area contributed by atoms with E-state index in [2.05, 4.69) is 0 Å². The van der Waals surface area contributed by atoms with Crippen molar-refractivity contribution in [3.8, 4) is 5.75 Å². The van der Waals surface area contributed by atoms with Crippen LogP contribution in [-0.2, 0) is 9.59 Å². The number of likely N-dealkylation sites (tertiary alicyclic amines) is 2. The van der Waals surface area contributed by atoms with E-state index >= 15 is 0 Å². The molecular formula is C21H28N2O3. The highest BCUT2D eigenvalue weighted by molar-refractivity contribution is 5.89. The number of hydrogen-bond acceptors (Lipinski definition) is 3. The van der Waals surface area contributed by atoms with Gasteiger partial charge in [0.05, 0.1) is 5.92 Å². The molecule has 0 aromatic heterocycles. The Morgan fingerprint density at radius 3 is 2.31 bits per heavy atom. The molecule has 5 nitrogen and oxygen atoms in total. The maximum Gasteiger partial charge on any atom is 0.227 e. The number of hydrogen-bond donors (Lipinski definition) is 1. The maximum atomic E-state index is 12.9. The number of aromatic hydroxyl groups is 1. The molecule has 0 spiro atoms. The Kier molecular flexibility index (Phi) is 4.88. The largest absolute Gasteiger partial charge is 0.508 e. The van der Waals surface area contributed by atoms with E-state index in [-0.39, 0.29) is 17.7 Å². The van der Waals surface area contributed by atoms with Gasteiger partial charge in [-0.1, -0.05) is 25.0 Å². The molecule has 0 radical (unpaired) electrons. The van der Waals surface area contributed by atoms with E-state index < -0.39 is 0 Å². The fraction of sp³-hybridized carbons (Fsp3) is 0.619. The van der Waals surface area contributed by atoms with Crippen molar-refractivity contribution in [3.63, 3.8) is 0 Å². The molecule has 0 bridgehead atoms.